The number of carbonyl (C=O) groups is 1. The van der Waals surface area contributed by atoms with Gasteiger partial charge in [0.1, 0.15) is 0 Å². The van der Waals surface area contributed by atoms with Crippen LogP contribution in [0.3, 0.4) is 0 Å². The predicted octanol–water partition coefficient (Wildman–Crippen LogP) is 4.31. The molecule has 6 heteroatoms. The molecular formula is C18H20N4OS. The maximum Gasteiger partial charge on any atom is 0.250 e. The van der Waals surface area contributed by atoms with Crippen molar-refractivity contribution in [2.75, 3.05) is 5.32 Å². The molecule has 124 valence electrons. The number of rotatable bonds is 6. The van der Waals surface area contributed by atoms with Crippen LogP contribution < -0.4 is 5.32 Å². The topological polar surface area (TPSA) is 59.8 Å². The highest BCUT2D eigenvalue weighted by atomic mass is 32.1. The molecule has 24 heavy (non-hydrogen) atoms. The largest absolute Gasteiger partial charge is 0.350 e. The minimum absolute atomic E-state index is 0.0455. The molecule has 0 atom stereocenters. The molecule has 0 saturated heterocycles. The first kappa shape index (κ1) is 16.4. The van der Waals surface area contributed by atoms with Gasteiger partial charge in [-0.15, -0.1) is 16.4 Å². The van der Waals surface area contributed by atoms with E-state index < -0.39 is 0 Å². The molecule has 0 aliphatic rings. The van der Waals surface area contributed by atoms with E-state index in [0.717, 1.165) is 10.4 Å². The van der Waals surface area contributed by atoms with Crippen LogP contribution in [-0.4, -0.2) is 20.7 Å². The fraction of sp³-hybridized carbons (Fsp3) is 0.278. The predicted molar refractivity (Wildman–Crippen MR) is 97.2 cm³/mol. The van der Waals surface area contributed by atoms with Crippen LogP contribution >= 0.6 is 11.3 Å². The van der Waals surface area contributed by atoms with E-state index >= 15 is 0 Å². The standard InChI is InChI=1S/C18H20N4OS/c1-13(2)11-16(23)22-18(19-12-14-7-4-3-5-8-14)20-17(21-22)15-9-6-10-24-15/h3-10,13H,11-12H2,1-2H3,(H,19,20,21). The molecule has 0 radical (unpaired) electrons. The number of aromatic nitrogens is 3. The molecule has 0 aliphatic carbocycles. The summed E-state index contributed by atoms with van der Waals surface area (Å²) in [6.07, 6.45) is 0.438. The molecule has 0 unspecified atom stereocenters. The first-order chi connectivity index (χ1) is 11.6. The van der Waals surface area contributed by atoms with E-state index in [1.165, 1.54) is 4.68 Å². The van der Waals surface area contributed by atoms with E-state index in [2.05, 4.69) is 15.4 Å². The van der Waals surface area contributed by atoms with Crippen molar-refractivity contribution in [2.45, 2.75) is 26.8 Å². The molecular weight excluding hydrogens is 320 g/mol. The summed E-state index contributed by atoms with van der Waals surface area (Å²) in [5.41, 5.74) is 1.13. The van der Waals surface area contributed by atoms with Gasteiger partial charge in [-0.2, -0.15) is 9.67 Å². The summed E-state index contributed by atoms with van der Waals surface area (Å²) in [6.45, 7) is 4.64. The number of nitrogens with zero attached hydrogens (tertiary/aromatic N) is 3. The maximum absolute atomic E-state index is 12.5. The molecule has 3 rings (SSSR count). The van der Waals surface area contributed by atoms with Crippen LogP contribution in [0.2, 0.25) is 0 Å². The third kappa shape index (κ3) is 3.89. The van der Waals surface area contributed by atoms with Gasteiger partial charge in [0.2, 0.25) is 11.9 Å². The number of hydrogen-bond donors (Lipinski definition) is 1. The average Bonchev–Trinajstić information content (AvgIpc) is 3.22. The highest BCUT2D eigenvalue weighted by Crippen LogP contribution is 2.23. The summed E-state index contributed by atoms with van der Waals surface area (Å²) >= 11 is 1.56. The van der Waals surface area contributed by atoms with Crippen LogP contribution in [-0.2, 0) is 6.54 Å². The second-order valence-electron chi connectivity index (χ2n) is 5.98. The monoisotopic (exact) mass is 340 g/mol. The second-order valence-corrected chi connectivity index (χ2v) is 6.93. The summed E-state index contributed by atoms with van der Waals surface area (Å²) in [5.74, 6) is 1.30. The zero-order valence-corrected chi connectivity index (χ0v) is 14.6. The number of benzene rings is 1. The summed E-state index contributed by atoms with van der Waals surface area (Å²) in [5, 5.41) is 9.64. The number of anilines is 1. The summed E-state index contributed by atoms with van der Waals surface area (Å²) in [7, 11) is 0. The van der Waals surface area contributed by atoms with Gasteiger partial charge in [0.25, 0.3) is 0 Å². The van der Waals surface area contributed by atoms with Crippen LogP contribution in [0.15, 0.2) is 47.8 Å². The first-order valence-corrected chi connectivity index (χ1v) is 8.83. The van der Waals surface area contributed by atoms with Gasteiger partial charge < -0.3 is 5.32 Å². The number of hydrogen-bond acceptors (Lipinski definition) is 5. The Labute approximate surface area is 145 Å². The Morgan fingerprint density at radius 2 is 2.00 bits per heavy atom. The third-order valence-electron chi connectivity index (χ3n) is 3.46. The Morgan fingerprint density at radius 1 is 1.21 bits per heavy atom. The molecule has 2 heterocycles. The molecule has 0 fully saturated rings. The molecule has 5 nitrogen and oxygen atoms in total. The Hall–Kier alpha value is -2.47. The number of carbonyl (C=O) groups excluding carboxylic acids is 1. The molecule has 1 N–H and O–H groups in total. The van der Waals surface area contributed by atoms with Gasteiger partial charge in [0.05, 0.1) is 4.88 Å². The zero-order chi connectivity index (χ0) is 16.9. The highest BCUT2D eigenvalue weighted by molar-refractivity contribution is 7.13. The van der Waals surface area contributed by atoms with Gasteiger partial charge in [-0.1, -0.05) is 50.2 Å². The van der Waals surface area contributed by atoms with Gasteiger partial charge in [-0.05, 0) is 22.9 Å². The first-order valence-electron chi connectivity index (χ1n) is 7.95. The number of thiophene rings is 1. The lowest BCUT2D eigenvalue weighted by molar-refractivity contribution is 0.0873. The molecule has 0 amide bonds. The third-order valence-corrected chi connectivity index (χ3v) is 4.33. The van der Waals surface area contributed by atoms with Crippen LogP contribution in [0.25, 0.3) is 10.7 Å². The number of nitrogens with one attached hydrogen (secondary N) is 1. The van der Waals surface area contributed by atoms with Gasteiger partial charge in [0, 0.05) is 13.0 Å². The quantitative estimate of drug-likeness (QED) is 0.726. The van der Waals surface area contributed by atoms with Crippen molar-refractivity contribution in [1.29, 1.82) is 0 Å². The van der Waals surface area contributed by atoms with Crippen molar-refractivity contribution < 1.29 is 4.79 Å². The lowest BCUT2D eigenvalue weighted by atomic mass is 10.1. The molecule has 0 saturated carbocycles. The van der Waals surface area contributed by atoms with Crippen LogP contribution in [0, 0.1) is 5.92 Å². The van der Waals surface area contributed by atoms with Gasteiger partial charge in [0.15, 0.2) is 5.82 Å². The van der Waals surface area contributed by atoms with E-state index in [-0.39, 0.29) is 11.8 Å². The Morgan fingerprint density at radius 3 is 2.67 bits per heavy atom. The lowest BCUT2D eigenvalue weighted by Gasteiger charge is -2.08. The smallest absolute Gasteiger partial charge is 0.250 e. The minimum Gasteiger partial charge on any atom is -0.350 e. The van der Waals surface area contributed by atoms with E-state index in [1.54, 1.807) is 11.3 Å². The molecule has 2 aromatic heterocycles. The Kier molecular flexibility index (Phi) is 5.05. The van der Waals surface area contributed by atoms with Gasteiger partial charge in [-0.25, -0.2) is 0 Å². The van der Waals surface area contributed by atoms with Crippen molar-refractivity contribution in [3.8, 4) is 10.7 Å². The van der Waals surface area contributed by atoms with Crippen molar-refractivity contribution >= 4 is 23.2 Å². The normalized spacial score (nSPS) is 11.0. The van der Waals surface area contributed by atoms with Crippen molar-refractivity contribution in [3.63, 3.8) is 0 Å². The van der Waals surface area contributed by atoms with Crippen molar-refractivity contribution in [2.24, 2.45) is 5.92 Å². The van der Waals surface area contributed by atoms with E-state index in [4.69, 9.17) is 0 Å². The van der Waals surface area contributed by atoms with Crippen LogP contribution in [0.1, 0.15) is 30.6 Å². The Balaban J connectivity index is 1.86. The summed E-state index contributed by atoms with van der Waals surface area (Å²) in [6, 6.07) is 13.9. The minimum atomic E-state index is -0.0455. The molecule has 1 aromatic carbocycles. The molecule has 3 aromatic rings. The average molecular weight is 340 g/mol. The molecule has 0 bridgehead atoms. The fourth-order valence-corrected chi connectivity index (χ4v) is 2.98. The van der Waals surface area contributed by atoms with Gasteiger partial charge in [-0.3, -0.25) is 4.79 Å². The van der Waals surface area contributed by atoms with Crippen LogP contribution in [0.4, 0.5) is 5.95 Å². The van der Waals surface area contributed by atoms with E-state index in [1.807, 2.05) is 61.7 Å². The zero-order valence-electron chi connectivity index (χ0n) is 13.8. The molecule has 0 spiro atoms. The van der Waals surface area contributed by atoms with E-state index in [0.29, 0.717) is 24.7 Å². The summed E-state index contributed by atoms with van der Waals surface area (Å²) < 4.78 is 1.40. The highest BCUT2D eigenvalue weighted by Gasteiger charge is 2.18. The van der Waals surface area contributed by atoms with Gasteiger partial charge >= 0.3 is 0 Å². The van der Waals surface area contributed by atoms with Crippen molar-refractivity contribution in [3.05, 3.63) is 53.4 Å². The van der Waals surface area contributed by atoms with Crippen molar-refractivity contribution in [1.82, 2.24) is 14.8 Å². The lowest BCUT2D eigenvalue weighted by Crippen LogP contribution is -2.18. The summed E-state index contributed by atoms with van der Waals surface area (Å²) in [4.78, 5) is 18.0. The van der Waals surface area contributed by atoms with Crippen LogP contribution in [0.5, 0.6) is 0 Å². The Bertz CT molecular complexity index is 794. The SMILES string of the molecule is CC(C)CC(=O)n1nc(-c2cccs2)nc1NCc1ccccc1. The second kappa shape index (κ2) is 7.40. The fourth-order valence-electron chi connectivity index (χ4n) is 2.32. The van der Waals surface area contributed by atoms with E-state index in [9.17, 15) is 4.79 Å². The maximum atomic E-state index is 12.5. The molecule has 0 aliphatic heterocycles.